The Morgan fingerprint density at radius 3 is 2.75 bits per heavy atom. The molecule has 7 heteroatoms. The maximum atomic E-state index is 14.6. The molecule has 3 rings (SSSR count). The van der Waals surface area contributed by atoms with Crippen LogP contribution in [0.4, 0.5) is 4.39 Å². The summed E-state index contributed by atoms with van der Waals surface area (Å²) in [5, 5.41) is 3.97. The minimum atomic E-state index is -0.290. The molecule has 0 radical (unpaired) electrons. The van der Waals surface area contributed by atoms with Gasteiger partial charge in [-0.1, -0.05) is 47.6 Å². The number of aromatic nitrogens is 2. The van der Waals surface area contributed by atoms with Gasteiger partial charge < -0.3 is 9.26 Å². The van der Waals surface area contributed by atoms with Crippen molar-refractivity contribution in [2.45, 2.75) is 25.5 Å². The molecular formula is C21H21FN2O3S. The van der Waals surface area contributed by atoms with Crippen molar-refractivity contribution in [1.82, 2.24) is 10.1 Å². The van der Waals surface area contributed by atoms with E-state index in [1.807, 2.05) is 43.3 Å². The third-order valence-electron chi connectivity index (χ3n) is 4.20. The largest absolute Gasteiger partial charge is 0.465 e. The van der Waals surface area contributed by atoms with E-state index >= 15 is 0 Å². The van der Waals surface area contributed by atoms with E-state index in [1.165, 1.54) is 13.0 Å². The zero-order chi connectivity index (χ0) is 19.9. The van der Waals surface area contributed by atoms with Crippen LogP contribution in [0.3, 0.4) is 0 Å². The van der Waals surface area contributed by atoms with Gasteiger partial charge in [-0.2, -0.15) is 16.7 Å². The van der Waals surface area contributed by atoms with Gasteiger partial charge in [0.1, 0.15) is 12.4 Å². The summed E-state index contributed by atoms with van der Waals surface area (Å²) < 4.78 is 24.8. The highest BCUT2D eigenvalue weighted by atomic mass is 32.2. The lowest BCUT2D eigenvalue weighted by Gasteiger charge is -2.10. The molecular weight excluding hydrogens is 379 g/mol. The molecule has 0 saturated heterocycles. The van der Waals surface area contributed by atoms with Crippen LogP contribution in [-0.4, -0.2) is 28.5 Å². The van der Waals surface area contributed by atoms with Crippen LogP contribution in [-0.2, 0) is 15.3 Å². The quantitative estimate of drug-likeness (QED) is 0.399. The van der Waals surface area contributed by atoms with Crippen LogP contribution in [0.25, 0.3) is 11.1 Å². The van der Waals surface area contributed by atoms with Gasteiger partial charge >= 0.3 is 5.97 Å². The third kappa shape index (κ3) is 5.19. The van der Waals surface area contributed by atoms with Crippen molar-refractivity contribution in [3.8, 4) is 11.1 Å². The second kappa shape index (κ2) is 9.50. The number of nitrogens with zero attached hydrogens (tertiary/aromatic N) is 2. The molecule has 0 aliphatic heterocycles. The first-order chi connectivity index (χ1) is 13.5. The predicted molar refractivity (Wildman–Crippen MR) is 106 cm³/mol. The van der Waals surface area contributed by atoms with Crippen molar-refractivity contribution in [2.24, 2.45) is 0 Å². The molecule has 0 spiro atoms. The maximum absolute atomic E-state index is 14.6. The second-order valence-electron chi connectivity index (χ2n) is 6.27. The number of esters is 1. The van der Waals surface area contributed by atoms with Gasteiger partial charge in [-0.25, -0.2) is 4.39 Å². The number of hydrogen-bond donors (Lipinski definition) is 0. The van der Waals surface area contributed by atoms with Gasteiger partial charge in [0.25, 0.3) is 0 Å². The minimum Gasteiger partial charge on any atom is -0.465 e. The molecule has 0 bridgehead atoms. The summed E-state index contributed by atoms with van der Waals surface area (Å²) in [5.74, 6) is 1.44. The number of hydrogen-bond acceptors (Lipinski definition) is 6. The molecule has 0 aliphatic carbocycles. The predicted octanol–water partition coefficient (Wildman–Crippen LogP) is 4.82. The van der Waals surface area contributed by atoms with E-state index in [1.54, 1.807) is 17.8 Å². The first-order valence-corrected chi connectivity index (χ1v) is 10.1. The van der Waals surface area contributed by atoms with Crippen LogP contribution in [0.5, 0.6) is 0 Å². The zero-order valence-electron chi connectivity index (χ0n) is 15.7. The Morgan fingerprint density at radius 1 is 1.25 bits per heavy atom. The van der Waals surface area contributed by atoms with Crippen molar-refractivity contribution in [1.29, 1.82) is 0 Å². The van der Waals surface area contributed by atoms with Crippen molar-refractivity contribution in [3.63, 3.8) is 0 Å². The smallest absolute Gasteiger partial charge is 0.302 e. The molecule has 0 fully saturated rings. The number of carbonyl (C=O) groups is 1. The lowest BCUT2D eigenvalue weighted by Crippen LogP contribution is -2.02. The Labute approximate surface area is 167 Å². The molecule has 2 aromatic carbocycles. The lowest BCUT2D eigenvalue weighted by molar-refractivity contribution is -0.140. The number of rotatable bonds is 8. The van der Waals surface area contributed by atoms with Crippen LogP contribution in [0.2, 0.25) is 0 Å². The van der Waals surface area contributed by atoms with Crippen molar-refractivity contribution >= 4 is 17.7 Å². The highest BCUT2D eigenvalue weighted by Crippen LogP contribution is 2.29. The average molecular weight is 400 g/mol. The maximum Gasteiger partial charge on any atom is 0.302 e. The van der Waals surface area contributed by atoms with Crippen LogP contribution >= 0.6 is 11.8 Å². The summed E-state index contributed by atoms with van der Waals surface area (Å²) in [5.41, 5.74) is 2.17. The second-order valence-corrected chi connectivity index (χ2v) is 7.37. The molecule has 1 heterocycles. The summed E-state index contributed by atoms with van der Waals surface area (Å²) in [4.78, 5) is 15.1. The van der Waals surface area contributed by atoms with Crippen molar-refractivity contribution < 1.29 is 18.4 Å². The molecule has 1 unspecified atom stereocenters. The molecule has 28 heavy (non-hydrogen) atoms. The van der Waals surface area contributed by atoms with Gasteiger partial charge in [0, 0.05) is 18.2 Å². The summed E-state index contributed by atoms with van der Waals surface area (Å²) in [6, 6.07) is 14.6. The van der Waals surface area contributed by atoms with E-state index in [0.29, 0.717) is 35.4 Å². The first-order valence-electron chi connectivity index (χ1n) is 8.93. The number of benzene rings is 2. The molecule has 0 saturated carbocycles. The van der Waals surface area contributed by atoms with E-state index in [2.05, 4.69) is 10.1 Å². The van der Waals surface area contributed by atoms with Crippen molar-refractivity contribution in [3.05, 3.63) is 71.6 Å². The first kappa shape index (κ1) is 20.1. The van der Waals surface area contributed by atoms with E-state index in [0.717, 1.165) is 11.1 Å². The van der Waals surface area contributed by atoms with E-state index < -0.39 is 0 Å². The Bertz CT molecular complexity index is 930. The molecule has 1 aromatic heterocycles. The van der Waals surface area contributed by atoms with Crippen LogP contribution in [0.1, 0.15) is 37.0 Å². The highest BCUT2D eigenvalue weighted by Gasteiger charge is 2.18. The SMILES string of the molecule is CC(=O)OCCSCc1noc(C(C)c2ccc(-c3ccccc3)c(F)c2)n1. The van der Waals surface area contributed by atoms with Gasteiger partial charge in [-0.05, 0) is 24.1 Å². The fourth-order valence-electron chi connectivity index (χ4n) is 2.70. The average Bonchev–Trinajstić information content (AvgIpc) is 3.16. The molecule has 0 N–H and O–H groups in total. The van der Waals surface area contributed by atoms with Gasteiger partial charge in [0.15, 0.2) is 5.82 Å². The fourth-order valence-corrected chi connectivity index (χ4v) is 3.35. The summed E-state index contributed by atoms with van der Waals surface area (Å²) in [7, 11) is 0. The van der Waals surface area contributed by atoms with Gasteiger partial charge in [0.2, 0.25) is 5.89 Å². The van der Waals surface area contributed by atoms with Gasteiger partial charge in [-0.3, -0.25) is 4.79 Å². The molecule has 0 amide bonds. The van der Waals surface area contributed by atoms with E-state index in [4.69, 9.17) is 9.26 Å². The van der Waals surface area contributed by atoms with Crippen LogP contribution in [0.15, 0.2) is 53.1 Å². The molecule has 146 valence electrons. The number of ether oxygens (including phenoxy) is 1. The zero-order valence-corrected chi connectivity index (χ0v) is 16.5. The van der Waals surface area contributed by atoms with Crippen molar-refractivity contribution in [2.75, 3.05) is 12.4 Å². The number of thioether (sulfide) groups is 1. The van der Waals surface area contributed by atoms with Gasteiger partial charge in [-0.15, -0.1) is 0 Å². The van der Waals surface area contributed by atoms with Crippen LogP contribution < -0.4 is 0 Å². The Kier molecular flexibility index (Phi) is 6.81. The third-order valence-corrected chi connectivity index (χ3v) is 5.11. The highest BCUT2D eigenvalue weighted by molar-refractivity contribution is 7.98. The van der Waals surface area contributed by atoms with Crippen LogP contribution in [0, 0.1) is 5.82 Å². The lowest BCUT2D eigenvalue weighted by atomic mass is 9.97. The minimum absolute atomic E-state index is 0.216. The molecule has 0 aliphatic rings. The molecule has 5 nitrogen and oxygen atoms in total. The molecule has 1 atom stereocenters. The fraction of sp³-hybridized carbons (Fsp3) is 0.286. The summed E-state index contributed by atoms with van der Waals surface area (Å²) in [6.07, 6.45) is 0. The summed E-state index contributed by atoms with van der Waals surface area (Å²) >= 11 is 1.55. The number of halogens is 1. The Balaban J connectivity index is 1.63. The monoisotopic (exact) mass is 400 g/mol. The Hall–Kier alpha value is -2.67. The van der Waals surface area contributed by atoms with Gasteiger partial charge in [0.05, 0.1) is 11.7 Å². The normalized spacial score (nSPS) is 12.0. The molecule has 3 aromatic rings. The topological polar surface area (TPSA) is 65.2 Å². The van der Waals surface area contributed by atoms with E-state index in [-0.39, 0.29) is 17.7 Å². The summed E-state index contributed by atoms with van der Waals surface area (Å²) in [6.45, 7) is 3.64. The van der Waals surface area contributed by atoms with E-state index in [9.17, 15) is 9.18 Å². The number of carbonyl (C=O) groups excluding carboxylic acids is 1. The standard InChI is InChI=1S/C21H21FN2O3S/c1-14(21-23-20(24-27-21)13-28-11-10-26-15(2)25)17-8-9-18(19(22)12-17)16-6-4-3-5-7-16/h3-9,12,14H,10-11,13H2,1-2H3. The Morgan fingerprint density at radius 2 is 2.04 bits per heavy atom.